The quantitative estimate of drug-likeness (QED) is 0.0616. The van der Waals surface area contributed by atoms with Gasteiger partial charge < -0.3 is 4.74 Å². The van der Waals surface area contributed by atoms with Crippen LogP contribution in [0.3, 0.4) is 0 Å². The maximum absolute atomic E-state index is 13.7. The van der Waals surface area contributed by atoms with E-state index < -0.39 is 60.7 Å². The van der Waals surface area contributed by atoms with Crippen molar-refractivity contribution in [3.63, 3.8) is 0 Å². The predicted octanol–water partition coefficient (Wildman–Crippen LogP) is 11.2. The summed E-state index contributed by atoms with van der Waals surface area (Å²) in [5, 5.41) is 0. The number of alkyl halides is 15. The molecule has 0 fully saturated rings. The van der Waals surface area contributed by atoms with Gasteiger partial charge in [-0.25, -0.2) is 0 Å². The molecule has 43 heavy (non-hydrogen) atoms. The number of carbonyl (C=O) groups excluding carboxylic acids is 1. The van der Waals surface area contributed by atoms with Crippen LogP contribution < -0.4 is 0 Å². The van der Waals surface area contributed by atoms with E-state index in [1.54, 1.807) is 0 Å². The van der Waals surface area contributed by atoms with Crippen molar-refractivity contribution >= 4 is 5.97 Å². The fraction of sp³-hybridized carbons (Fsp3) is 0.962. The van der Waals surface area contributed by atoms with E-state index in [1.807, 2.05) is 0 Å². The van der Waals surface area contributed by atoms with Gasteiger partial charge in [-0.15, -0.1) is 0 Å². The number of rotatable bonds is 23. The maximum Gasteiger partial charge on any atom is 0.460 e. The molecule has 0 N–H and O–H groups in total. The minimum absolute atomic E-state index is 0.0359. The fourth-order valence-electron chi connectivity index (χ4n) is 3.97. The highest BCUT2D eigenvalue weighted by atomic mass is 19.4. The molecule has 258 valence electrons. The van der Waals surface area contributed by atoms with Gasteiger partial charge in [0.25, 0.3) is 0 Å². The largest absolute Gasteiger partial charge is 0.460 e. The molecule has 17 heteroatoms. The summed E-state index contributed by atoms with van der Waals surface area (Å²) in [6.45, 7) is -0.936. The lowest BCUT2D eigenvalue weighted by Crippen LogP contribution is -2.73. The smallest absolute Gasteiger partial charge is 0.459 e. The zero-order chi connectivity index (χ0) is 33.8. The van der Waals surface area contributed by atoms with E-state index in [-0.39, 0.29) is 6.42 Å². The topological polar surface area (TPSA) is 26.3 Å². The van der Waals surface area contributed by atoms with Crippen LogP contribution in [0, 0.1) is 0 Å². The average Bonchev–Trinajstić information content (AvgIpc) is 2.88. The van der Waals surface area contributed by atoms with E-state index in [2.05, 4.69) is 11.7 Å². The molecular formula is C26H37F15O2. The first kappa shape index (κ1) is 41.4. The second kappa shape index (κ2) is 16.6. The Kier molecular flexibility index (Phi) is 16.0. The van der Waals surface area contributed by atoms with Gasteiger partial charge in [-0.3, -0.25) is 4.79 Å². The Morgan fingerprint density at radius 1 is 0.442 bits per heavy atom. The zero-order valence-electron chi connectivity index (χ0n) is 23.5. The summed E-state index contributed by atoms with van der Waals surface area (Å²) in [6.07, 6.45) is 5.64. The minimum Gasteiger partial charge on any atom is -0.459 e. The molecule has 0 amide bonds. The first-order chi connectivity index (χ1) is 19.5. The molecule has 0 heterocycles. The Labute approximate surface area is 240 Å². The van der Waals surface area contributed by atoms with E-state index >= 15 is 0 Å². The van der Waals surface area contributed by atoms with Crippen LogP contribution in [-0.2, 0) is 9.53 Å². The second-order valence-electron chi connectivity index (χ2n) is 10.4. The van der Waals surface area contributed by atoms with E-state index in [0.717, 1.165) is 38.5 Å². The third kappa shape index (κ3) is 10.5. The van der Waals surface area contributed by atoms with Gasteiger partial charge in [0.15, 0.2) is 6.61 Å². The lowest BCUT2D eigenvalue weighted by Gasteiger charge is -2.41. The zero-order valence-corrected chi connectivity index (χ0v) is 23.5. The standard InChI is InChI=1S/C26H37F15O2/c1-2-3-4-5-6-7-8-9-10-11-12-13-14-15-16-17-19(42)43-18-20(27,28)21(29,30)22(31,32)23(33,34)24(35,36)25(37,38)26(39,40)41/h2-18H2,1H3. The van der Waals surface area contributed by atoms with Crippen molar-refractivity contribution in [3.05, 3.63) is 0 Å². The molecule has 0 aromatic rings. The van der Waals surface area contributed by atoms with Gasteiger partial charge in [0.2, 0.25) is 0 Å². The Hall–Kier alpha value is -1.58. The summed E-state index contributed by atoms with van der Waals surface area (Å²) in [5.74, 6) is -48.8. The van der Waals surface area contributed by atoms with Crippen molar-refractivity contribution in [2.45, 2.75) is 151 Å². The molecule has 0 rings (SSSR count). The number of carbonyl (C=O) groups is 1. The van der Waals surface area contributed by atoms with Crippen molar-refractivity contribution in [2.75, 3.05) is 6.61 Å². The van der Waals surface area contributed by atoms with Crippen LogP contribution in [-0.4, -0.2) is 54.3 Å². The summed E-state index contributed by atoms with van der Waals surface area (Å²) in [7, 11) is 0. The third-order valence-corrected chi connectivity index (χ3v) is 6.79. The van der Waals surface area contributed by atoms with Gasteiger partial charge in [-0.1, -0.05) is 96.8 Å². The highest BCUT2D eigenvalue weighted by Crippen LogP contribution is 2.62. The van der Waals surface area contributed by atoms with Gasteiger partial charge in [-0.05, 0) is 6.42 Å². The Morgan fingerprint density at radius 3 is 1.09 bits per heavy atom. The first-order valence-electron chi connectivity index (χ1n) is 13.9. The molecule has 0 unspecified atom stereocenters. The van der Waals surface area contributed by atoms with Gasteiger partial charge in [-0.2, -0.15) is 65.9 Å². The van der Waals surface area contributed by atoms with E-state index in [0.29, 0.717) is 12.8 Å². The molecule has 2 nitrogen and oxygen atoms in total. The van der Waals surface area contributed by atoms with Gasteiger partial charge in [0, 0.05) is 6.42 Å². The van der Waals surface area contributed by atoms with Crippen LogP contribution in [0.25, 0.3) is 0 Å². The number of ether oxygens (including phenoxy) is 1. The monoisotopic (exact) mass is 666 g/mol. The number of hydrogen-bond acceptors (Lipinski definition) is 2. The van der Waals surface area contributed by atoms with Crippen molar-refractivity contribution in [1.82, 2.24) is 0 Å². The molecule has 0 aliphatic carbocycles. The SMILES string of the molecule is CCCCCCCCCCCCCCCCCC(=O)OCC(F)(F)C(F)(F)C(F)(F)C(F)(F)C(F)(F)C(F)(F)C(F)(F)F. The molecular weight excluding hydrogens is 629 g/mol. The normalized spacial score (nSPS) is 14.3. The van der Waals surface area contributed by atoms with Crippen LogP contribution in [0.4, 0.5) is 65.9 Å². The van der Waals surface area contributed by atoms with Gasteiger partial charge in [0.1, 0.15) is 0 Å². The summed E-state index contributed by atoms with van der Waals surface area (Å²) < 4.78 is 201. The van der Waals surface area contributed by atoms with E-state index in [9.17, 15) is 70.7 Å². The highest BCUT2D eigenvalue weighted by Gasteiger charge is 2.93. The van der Waals surface area contributed by atoms with Crippen LogP contribution in [0.5, 0.6) is 0 Å². The lowest BCUT2D eigenvalue weighted by atomic mass is 9.91. The lowest BCUT2D eigenvalue weighted by molar-refractivity contribution is -0.453. The van der Waals surface area contributed by atoms with Gasteiger partial charge in [0.05, 0.1) is 0 Å². The Bertz CT molecular complexity index is 811. The molecule has 0 bridgehead atoms. The molecule has 0 atom stereocenters. The number of halogens is 15. The number of hydrogen-bond donors (Lipinski definition) is 0. The highest BCUT2D eigenvalue weighted by molar-refractivity contribution is 5.69. The van der Waals surface area contributed by atoms with Crippen molar-refractivity contribution in [1.29, 1.82) is 0 Å². The molecule has 0 aromatic carbocycles. The van der Waals surface area contributed by atoms with Gasteiger partial charge >= 0.3 is 47.7 Å². The molecule has 0 saturated heterocycles. The summed E-state index contributed by atoms with van der Waals surface area (Å²) in [6, 6.07) is 0. The Morgan fingerprint density at radius 2 is 0.744 bits per heavy atom. The maximum atomic E-state index is 13.7. The molecule has 0 aliphatic rings. The van der Waals surface area contributed by atoms with E-state index in [1.165, 1.54) is 38.5 Å². The third-order valence-electron chi connectivity index (χ3n) is 6.79. The summed E-state index contributed by atoms with van der Waals surface area (Å²) in [4.78, 5) is 11.5. The van der Waals surface area contributed by atoms with E-state index in [4.69, 9.17) is 0 Å². The van der Waals surface area contributed by atoms with Crippen molar-refractivity contribution in [3.8, 4) is 0 Å². The number of unbranched alkanes of at least 4 members (excludes halogenated alkanes) is 14. The van der Waals surface area contributed by atoms with Crippen LogP contribution in [0.15, 0.2) is 0 Å². The van der Waals surface area contributed by atoms with Crippen molar-refractivity contribution < 1.29 is 75.4 Å². The van der Waals surface area contributed by atoms with Crippen molar-refractivity contribution in [2.24, 2.45) is 0 Å². The molecule has 0 aliphatic heterocycles. The predicted molar refractivity (Wildman–Crippen MR) is 126 cm³/mol. The molecule has 0 saturated carbocycles. The number of esters is 1. The first-order valence-corrected chi connectivity index (χ1v) is 13.9. The average molecular weight is 667 g/mol. The Balaban J connectivity index is 4.66. The van der Waals surface area contributed by atoms with Crippen LogP contribution >= 0.6 is 0 Å². The molecule has 0 spiro atoms. The van der Waals surface area contributed by atoms with Crippen LogP contribution in [0.1, 0.15) is 110 Å². The molecule has 0 radical (unpaired) electrons. The fourth-order valence-corrected chi connectivity index (χ4v) is 3.97. The van der Waals surface area contributed by atoms with Crippen LogP contribution in [0.2, 0.25) is 0 Å². The summed E-state index contributed by atoms with van der Waals surface area (Å²) in [5.41, 5.74) is 0. The minimum atomic E-state index is -8.36. The summed E-state index contributed by atoms with van der Waals surface area (Å²) >= 11 is 0. The second-order valence-corrected chi connectivity index (χ2v) is 10.4. The molecule has 0 aromatic heterocycles.